The van der Waals surface area contributed by atoms with E-state index >= 15 is 0 Å². The number of hydrogen-bond donors (Lipinski definition) is 1. The van der Waals surface area contributed by atoms with Crippen LogP contribution in [0.15, 0.2) is 82.5 Å². The van der Waals surface area contributed by atoms with Crippen LogP contribution < -0.4 is 0 Å². The van der Waals surface area contributed by atoms with Gasteiger partial charge in [-0.3, -0.25) is 14.5 Å². The summed E-state index contributed by atoms with van der Waals surface area (Å²) in [6.07, 6.45) is 1.35. The van der Waals surface area contributed by atoms with Gasteiger partial charge in [0, 0.05) is 6.54 Å². The van der Waals surface area contributed by atoms with E-state index in [0.29, 0.717) is 16.5 Å². The van der Waals surface area contributed by atoms with Crippen molar-refractivity contribution >= 4 is 45.9 Å². The summed E-state index contributed by atoms with van der Waals surface area (Å²) in [4.78, 5) is 29.3. The highest BCUT2D eigenvalue weighted by molar-refractivity contribution is 8.15. The normalized spacial score (nSPS) is 18.1. The average Bonchev–Trinajstić information content (AvgIpc) is 2.97. The SMILES string of the molecule is C=CCN1C(=O)C(CC(=O)O)SC1=Nc1ccc(N=Nc2ccccc2)cc1. The molecule has 0 aromatic heterocycles. The molecule has 1 saturated heterocycles. The molecule has 1 unspecified atom stereocenters. The van der Waals surface area contributed by atoms with Gasteiger partial charge >= 0.3 is 5.97 Å². The zero-order valence-electron chi connectivity index (χ0n) is 14.9. The first-order chi connectivity index (χ1) is 13.6. The highest BCUT2D eigenvalue weighted by atomic mass is 32.2. The van der Waals surface area contributed by atoms with E-state index in [1.165, 1.54) is 4.90 Å². The topological polar surface area (TPSA) is 94.7 Å². The lowest BCUT2D eigenvalue weighted by molar-refractivity contribution is -0.139. The number of amidine groups is 1. The van der Waals surface area contributed by atoms with Crippen molar-refractivity contribution < 1.29 is 14.7 Å². The molecule has 1 N–H and O–H groups in total. The third-order valence-electron chi connectivity index (χ3n) is 3.80. The molecule has 1 atom stereocenters. The summed E-state index contributed by atoms with van der Waals surface area (Å²) < 4.78 is 0. The molecule has 0 aliphatic carbocycles. The predicted molar refractivity (Wildman–Crippen MR) is 110 cm³/mol. The Bertz CT molecular complexity index is 926. The number of carbonyl (C=O) groups excluding carboxylic acids is 1. The van der Waals surface area contributed by atoms with Crippen molar-refractivity contribution in [2.75, 3.05) is 6.54 Å². The molecule has 0 bridgehead atoms. The number of thioether (sulfide) groups is 1. The van der Waals surface area contributed by atoms with Crippen molar-refractivity contribution in [1.82, 2.24) is 4.90 Å². The first-order valence-corrected chi connectivity index (χ1v) is 9.41. The largest absolute Gasteiger partial charge is 0.481 e. The summed E-state index contributed by atoms with van der Waals surface area (Å²) in [5.41, 5.74) is 2.07. The van der Waals surface area contributed by atoms with Gasteiger partial charge in [-0.05, 0) is 36.4 Å². The number of nitrogens with zero attached hydrogens (tertiary/aromatic N) is 4. The smallest absolute Gasteiger partial charge is 0.305 e. The minimum Gasteiger partial charge on any atom is -0.481 e. The Labute approximate surface area is 166 Å². The van der Waals surface area contributed by atoms with Crippen LogP contribution in [0.2, 0.25) is 0 Å². The minimum atomic E-state index is -1.02. The van der Waals surface area contributed by atoms with Gasteiger partial charge < -0.3 is 5.11 Å². The van der Waals surface area contributed by atoms with Crippen molar-refractivity contribution in [1.29, 1.82) is 0 Å². The van der Waals surface area contributed by atoms with Crippen LogP contribution in [0, 0.1) is 0 Å². The van der Waals surface area contributed by atoms with Gasteiger partial charge in [0.1, 0.15) is 5.25 Å². The molecule has 28 heavy (non-hydrogen) atoms. The van der Waals surface area contributed by atoms with Crippen molar-refractivity contribution in [3.05, 3.63) is 67.3 Å². The van der Waals surface area contributed by atoms with Crippen LogP contribution in [-0.4, -0.2) is 38.8 Å². The van der Waals surface area contributed by atoms with E-state index in [0.717, 1.165) is 17.4 Å². The van der Waals surface area contributed by atoms with Crippen LogP contribution in [0.5, 0.6) is 0 Å². The van der Waals surface area contributed by atoms with E-state index in [1.807, 2.05) is 30.3 Å². The van der Waals surface area contributed by atoms with Crippen molar-refractivity contribution in [2.45, 2.75) is 11.7 Å². The second-order valence-electron chi connectivity index (χ2n) is 5.89. The van der Waals surface area contributed by atoms with E-state index in [2.05, 4.69) is 21.8 Å². The molecule has 1 heterocycles. The van der Waals surface area contributed by atoms with Gasteiger partial charge in [0.15, 0.2) is 5.17 Å². The molecule has 1 aliphatic heterocycles. The fourth-order valence-electron chi connectivity index (χ4n) is 2.50. The Hall–Kier alpha value is -3.26. The van der Waals surface area contributed by atoms with Crippen LogP contribution in [0.4, 0.5) is 17.1 Å². The lowest BCUT2D eigenvalue weighted by atomic mass is 10.2. The van der Waals surface area contributed by atoms with E-state index in [1.54, 1.807) is 30.3 Å². The molecule has 142 valence electrons. The van der Waals surface area contributed by atoms with Gasteiger partial charge in [0.25, 0.3) is 0 Å². The summed E-state index contributed by atoms with van der Waals surface area (Å²) in [6.45, 7) is 3.93. The van der Waals surface area contributed by atoms with E-state index in [-0.39, 0.29) is 18.9 Å². The Morgan fingerprint density at radius 1 is 1.07 bits per heavy atom. The lowest BCUT2D eigenvalue weighted by Crippen LogP contribution is -2.32. The molecule has 8 heteroatoms. The third-order valence-corrected chi connectivity index (χ3v) is 4.98. The molecule has 0 radical (unpaired) electrons. The fourth-order valence-corrected chi connectivity index (χ4v) is 3.65. The molecule has 1 amide bonds. The predicted octanol–water partition coefficient (Wildman–Crippen LogP) is 4.69. The highest BCUT2D eigenvalue weighted by Gasteiger charge is 2.38. The van der Waals surface area contributed by atoms with E-state index in [4.69, 9.17) is 5.11 Å². The number of rotatable bonds is 7. The zero-order chi connectivity index (χ0) is 19.9. The van der Waals surface area contributed by atoms with Crippen LogP contribution in [0.25, 0.3) is 0 Å². The summed E-state index contributed by atoms with van der Waals surface area (Å²) >= 11 is 1.16. The van der Waals surface area contributed by atoms with E-state index < -0.39 is 11.2 Å². The number of carboxylic acid groups (broad SMARTS) is 1. The van der Waals surface area contributed by atoms with Gasteiger partial charge in [-0.25, -0.2) is 4.99 Å². The van der Waals surface area contributed by atoms with Crippen LogP contribution >= 0.6 is 11.8 Å². The maximum Gasteiger partial charge on any atom is 0.305 e. The number of carboxylic acids is 1. The van der Waals surface area contributed by atoms with Crippen molar-refractivity contribution in [3.8, 4) is 0 Å². The van der Waals surface area contributed by atoms with Crippen LogP contribution in [0.1, 0.15) is 6.42 Å². The second-order valence-corrected chi connectivity index (χ2v) is 7.06. The molecule has 0 spiro atoms. The molecule has 1 aliphatic rings. The van der Waals surface area contributed by atoms with E-state index in [9.17, 15) is 9.59 Å². The molecule has 0 saturated carbocycles. The van der Waals surface area contributed by atoms with Crippen LogP contribution in [0.3, 0.4) is 0 Å². The number of aliphatic imine (C=N–C) groups is 1. The lowest BCUT2D eigenvalue weighted by Gasteiger charge is -2.13. The Morgan fingerprint density at radius 2 is 1.68 bits per heavy atom. The quantitative estimate of drug-likeness (QED) is 0.544. The van der Waals surface area contributed by atoms with Gasteiger partial charge in [0.05, 0.1) is 23.5 Å². The number of benzene rings is 2. The Balaban J connectivity index is 1.76. The monoisotopic (exact) mass is 394 g/mol. The maximum atomic E-state index is 12.4. The van der Waals surface area contributed by atoms with Gasteiger partial charge in [-0.15, -0.1) is 6.58 Å². The maximum absolute atomic E-state index is 12.4. The Morgan fingerprint density at radius 3 is 2.29 bits per heavy atom. The number of amides is 1. The molecule has 2 aromatic rings. The minimum absolute atomic E-state index is 0.241. The summed E-state index contributed by atoms with van der Waals surface area (Å²) in [5.74, 6) is -1.28. The molecular formula is C20H18N4O3S. The summed E-state index contributed by atoms with van der Waals surface area (Å²) in [5, 5.41) is 17.1. The first-order valence-electron chi connectivity index (χ1n) is 8.53. The summed E-state index contributed by atoms with van der Waals surface area (Å²) in [6, 6.07) is 16.5. The number of hydrogen-bond acceptors (Lipinski definition) is 6. The highest BCUT2D eigenvalue weighted by Crippen LogP contribution is 2.32. The van der Waals surface area contributed by atoms with Crippen LogP contribution in [-0.2, 0) is 9.59 Å². The molecule has 1 fully saturated rings. The fraction of sp³-hybridized carbons (Fsp3) is 0.150. The summed E-state index contributed by atoms with van der Waals surface area (Å²) in [7, 11) is 0. The number of carbonyl (C=O) groups is 2. The van der Waals surface area contributed by atoms with Gasteiger partial charge in [-0.2, -0.15) is 10.2 Å². The van der Waals surface area contributed by atoms with Gasteiger partial charge in [-0.1, -0.05) is 36.0 Å². The number of azo groups is 1. The Kier molecular flexibility index (Phi) is 6.33. The molecular weight excluding hydrogens is 376 g/mol. The zero-order valence-corrected chi connectivity index (χ0v) is 15.7. The molecule has 2 aromatic carbocycles. The average molecular weight is 394 g/mol. The van der Waals surface area contributed by atoms with Crippen molar-refractivity contribution in [2.24, 2.45) is 15.2 Å². The van der Waals surface area contributed by atoms with Gasteiger partial charge in [0.2, 0.25) is 5.91 Å². The third kappa shape index (κ3) is 4.92. The first kappa shape index (κ1) is 19.5. The standard InChI is InChI=1S/C20H18N4O3S/c1-2-12-24-19(27)17(13-18(25)26)28-20(24)21-14-8-10-16(11-9-14)23-22-15-6-4-3-5-7-15/h2-11,17H,1,12-13H2,(H,25,26). The van der Waals surface area contributed by atoms with Crippen molar-refractivity contribution in [3.63, 3.8) is 0 Å². The molecule has 7 nitrogen and oxygen atoms in total. The molecule has 3 rings (SSSR count). The number of aliphatic carboxylic acids is 1. The second kappa shape index (κ2) is 9.09.